The summed E-state index contributed by atoms with van der Waals surface area (Å²) in [5, 5.41) is 0. The lowest BCUT2D eigenvalue weighted by Gasteiger charge is -2.39. The number of nitrogens with zero attached hydrogens (tertiary/aromatic N) is 3. The van der Waals surface area contributed by atoms with Crippen LogP contribution in [0.5, 0.6) is 0 Å². The summed E-state index contributed by atoms with van der Waals surface area (Å²) in [6, 6.07) is 7.64. The zero-order chi connectivity index (χ0) is 18.3. The molecule has 0 spiro atoms. The molecule has 142 valence electrons. The first-order valence-electron chi connectivity index (χ1n) is 9.19. The van der Waals surface area contributed by atoms with Crippen LogP contribution in [0.2, 0.25) is 0 Å². The van der Waals surface area contributed by atoms with Crippen LogP contribution in [0.3, 0.4) is 0 Å². The van der Waals surface area contributed by atoms with Crippen molar-refractivity contribution in [3.63, 3.8) is 0 Å². The van der Waals surface area contributed by atoms with Crippen molar-refractivity contribution >= 4 is 21.3 Å². The average molecular weight is 379 g/mol. The van der Waals surface area contributed by atoms with E-state index in [4.69, 9.17) is 9.15 Å². The fraction of sp³-hybridized carbons (Fsp3) is 0.611. The van der Waals surface area contributed by atoms with E-state index in [-0.39, 0.29) is 18.1 Å². The summed E-state index contributed by atoms with van der Waals surface area (Å²) in [5.74, 6) is 0.622. The van der Waals surface area contributed by atoms with E-state index in [0.29, 0.717) is 32.1 Å². The number of benzene rings is 1. The van der Waals surface area contributed by atoms with Crippen molar-refractivity contribution in [2.75, 3.05) is 26.2 Å². The molecule has 2 aliphatic heterocycles. The molecule has 0 N–H and O–H groups in total. The minimum absolute atomic E-state index is 0.0122. The first kappa shape index (κ1) is 17.9. The summed E-state index contributed by atoms with van der Waals surface area (Å²) in [6.45, 7) is 5.58. The maximum atomic E-state index is 13.1. The Hall–Kier alpha value is -1.48. The third-order valence-corrected chi connectivity index (χ3v) is 7.02. The molecular formula is C18H25N3O4S. The molecule has 0 radical (unpaired) electrons. The second-order valence-corrected chi connectivity index (χ2v) is 9.23. The fourth-order valence-corrected chi connectivity index (χ4v) is 5.75. The molecule has 2 saturated heterocycles. The Labute approximate surface area is 154 Å². The first-order chi connectivity index (χ1) is 12.4. The smallest absolute Gasteiger partial charge is 0.282 e. The minimum Gasteiger partial charge on any atom is -0.440 e. The Morgan fingerprint density at radius 2 is 1.81 bits per heavy atom. The molecule has 2 aliphatic rings. The molecular weight excluding hydrogens is 354 g/mol. The number of fused-ring (bicyclic) bond motifs is 1. The van der Waals surface area contributed by atoms with Crippen LogP contribution in [0.1, 0.15) is 38.5 Å². The van der Waals surface area contributed by atoms with E-state index >= 15 is 0 Å². The second kappa shape index (κ2) is 6.92. The molecule has 7 nitrogen and oxygen atoms in total. The molecule has 3 atom stereocenters. The number of morpholine rings is 1. The molecule has 0 unspecified atom stereocenters. The van der Waals surface area contributed by atoms with Gasteiger partial charge in [-0.3, -0.25) is 0 Å². The lowest BCUT2D eigenvalue weighted by molar-refractivity contribution is -0.0456. The molecule has 0 saturated carbocycles. The van der Waals surface area contributed by atoms with Crippen molar-refractivity contribution in [1.29, 1.82) is 0 Å². The van der Waals surface area contributed by atoms with Gasteiger partial charge in [-0.2, -0.15) is 17.0 Å². The van der Waals surface area contributed by atoms with Crippen LogP contribution >= 0.6 is 0 Å². The van der Waals surface area contributed by atoms with Gasteiger partial charge in [0.25, 0.3) is 10.2 Å². The predicted octanol–water partition coefficient (Wildman–Crippen LogP) is 2.36. The third-order valence-electron chi connectivity index (χ3n) is 5.08. The van der Waals surface area contributed by atoms with Gasteiger partial charge in [0, 0.05) is 32.1 Å². The van der Waals surface area contributed by atoms with Gasteiger partial charge in [-0.25, -0.2) is 4.98 Å². The van der Waals surface area contributed by atoms with Crippen molar-refractivity contribution in [2.45, 2.75) is 44.8 Å². The molecule has 0 aliphatic carbocycles. The average Bonchev–Trinajstić information content (AvgIpc) is 3.05. The molecule has 8 heteroatoms. The van der Waals surface area contributed by atoms with E-state index in [1.54, 1.807) is 8.61 Å². The highest BCUT2D eigenvalue weighted by molar-refractivity contribution is 7.86. The highest BCUT2D eigenvalue weighted by atomic mass is 32.2. The lowest BCUT2D eigenvalue weighted by atomic mass is 10.00. The molecule has 4 rings (SSSR count). The zero-order valence-electron chi connectivity index (χ0n) is 15.2. The Balaban J connectivity index is 1.54. The van der Waals surface area contributed by atoms with Gasteiger partial charge in [0.2, 0.25) is 0 Å². The summed E-state index contributed by atoms with van der Waals surface area (Å²) in [5.41, 5.74) is 1.57. The monoisotopic (exact) mass is 379 g/mol. The Kier molecular flexibility index (Phi) is 4.77. The number of ether oxygens (including phenoxy) is 1. The van der Waals surface area contributed by atoms with Crippen LogP contribution in [-0.4, -0.2) is 60.4 Å². The summed E-state index contributed by atoms with van der Waals surface area (Å²) in [7, 11) is -3.50. The Morgan fingerprint density at radius 3 is 2.54 bits per heavy atom. The molecule has 0 bridgehead atoms. The van der Waals surface area contributed by atoms with Crippen molar-refractivity contribution in [1.82, 2.24) is 13.6 Å². The minimum atomic E-state index is -3.50. The molecule has 2 fully saturated rings. The van der Waals surface area contributed by atoms with Gasteiger partial charge in [-0.05, 0) is 38.8 Å². The molecule has 3 heterocycles. The van der Waals surface area contributed by atoms with Gasteiger partial charge in [-0.1, -0.05) is 12.1 Å². The van der Waals surface area contributed by atoms with E-state index in [1.165, 1.54) is 0 Å². The standard InChI is InChI=1S/C18H25N3O4S/c1-13-10-21(11-14(2)24-13)26(22,23)20-9-5-6-15(12-20)18-19-16-7-3-4-8-17(16)25-18/h3-4,7-8,13-15H,5-6,9-12H2,1-2H3/t13-,14+,15-/m1/s1. The van der Waals surface area contributed by atoms with Crippen LogP contribution in [-0.2, 0) is 14.9 Å². The normalized spacial score (nSPS) is 29.2. The number of para-hydroxylation sites is 2. The van der Waals surface area contributed by atoms with Crippen molar-refractivity contribution in [3.05, 3.63) is 30.2 Å². The summed E-state index contributed by atoms with van der Waals surface area (Å²) >= 11 is 0. The van der Waals surface area contributed by atoms with E-state index < -0.39 is 10.2 Å². The number of piperidine rings is 1. The van der Waals surface area contributed by atoms with Crippen LogP contribution in [0, 0.1) is 0 Å². The van der Waals surface area contributed by atoms with Gasteiger partial charge in [0.05, 0.1) is 12.2 Å². The van der Waals surface area contributed by atoms with Crippen LogP contribution < -0.4 is 0 Å². The van der Waals surface area contributed by atoms with Gasteiger partial charge < -0.3 is 9.15 Å². The van der Waals surface area contributed by atoms with Gasteiger partial charge in [-0.15, -0.1) is 0 Å². The van der Waals surface area contributed by atoms with Crippen LogP contribution in [0.15, 0.2) is 28.7 Å². The Bertz CT molecular complexity index is 838. The van der Waals surface area contributed by atoms with Gasteiger partial charge >= 0.3 is 0 Å². The number of rotatable bonds is 3. The first-order valence-corrected chi connectivity index (χ1v) is 10.6. The van der Waals surface area contributed by atoms with Crippen LogP contribution in [0.25, 0.3) is 11.1 Å². The maximum Gasteiger partial charge on any atom is 0.282 e. The summed E-state index contributed by atoms with van der Waals surface area (Å²) < 4.78 is 40.9. The molecule has 0 amide bonds. The zero-order valence-corrected chi connectivity index (χ0v) is 16.0. The number of oxazole rings is 1. The molecule has 2 aromatic rings. The maximum absolute atomic E-state index is 13.1. The number of aromatic nitrogens is 1. The molecule has 26 heavy (non-hydrogen) atoms. The largest absolute Gasteiger partial charge is 0.440 e. The number of hydrogen-bond acceptors (Lipinski definition) is 5. The SMILES string of the molecule is C[C@@H]1CN(S(=O)(=O)N2CCC[C@@H](c3nc4ccccc4o3)C2)C[C@H](C)O1. The second-order valence-electron chi connectivity index (χ2n) is 7.30. The lowest BCUT2D eigenvalue weighted by Crippen LogP contribution is -2.54. The van der Waals surface area contributed by atoms with E-state index in [0.717, 1.165) is 23.9 Å². The molecule has 1 aromatic heterocycles. The predicted molar refractivity (Wildman–Crippen MR) is 98.1 cm³/mol. The fourth-order valence-electron chi connectivity index (χ4n) is 3.90. The van der Waals surface area contributed by atoms with Crippen molar-refractivity contribution in [2.24, 2.45) is 0 Å². The van der Waals surface area contributed by atoms with Gasteiger partial charge in [0.1, 0.15) is 5.52 Å². The topological polar surface area (TPSA) is 75.9 Å². The van der Waals surface area contributed by atoms with E-state index in [1.807, 2.05) is 38.1 Å². The van der Waals surface area contributed by atoms with Crippen molar-refractivity contribution in [3.8, 4) is 0 Å². The third kappa shape index (κ3) is 3.38. The Morgan fingerprint density at radius 1 is 1.08 bits per heavy atom. The summed E-state index contributed by atoms with van der Waals surface area (Å²) in [6.07, 6.45) is 1.50. The highest BCUT2D eigenvalue weighted by Gasteiger charge is 2.38. The van der Waals surface area contributed by atoms with Crippen LogP contribution in [0.4, 0.5) is 0 Å². The quantitative estimate of drug-likeness (QED) is 0.818. The van der Waals surface area contributed by atoms with E-state index in [2.05, 4.69) is 4.98 Å². The van der Waals surface area contributed by atoms with E-state index in [9.17, 15) is 8.42 Å². The summed E-state index contributed by atoms with van der Waals surface area (Å²) in [4.78, 5) is 4.57. The highest BCUT2D eigenvalue weighted by Crippen LogP contribution is 2.31. The number of hydrogen-bond donors (Lipinski definition) is 0. The van der Waals surface area contributed by atoms with Crippen molar-refractivity contribution < 1.29 is 17.6 Å². The van der Waals surface area contributed by atoms with Gasteiger partial charge in [0.15, 0.2) is 11.5 Å². The molecule has 1 aromatic carbocycles.